The van der Waals surface area contributed by atoms with Gasteiger partial charge in [0.15, 0.2) is 11.5 Å². The predicted molar refractivity (Wildman–Crippen MR) is 55.5 cm³/mol. The highest BCUT2D eigenvalue weighted by atomic mass is 35.5. The molecule has 0 unspecified atom stereocenters. The minimum Gasteiger partial charge on any atom is -0.493 e. The highest BCUT2D eigenvalue weighted by Crippen LogP contribution is 2.40. The van der Waals surface area contributed by atoms with Gasteiger partial charge in [-0.25, -0.2) is 0 Å². The van der Waals surface area contributed by atoms with Gasteiger partial charge in [-0.15, -0.1) is 0 Å². The Kier molecular flexibility index (Phi) is 3.93. The molecule has 0 aliphatic carbocycles. The van der Waals surface area contributed by atoms with Gasteiger partial charge in [-0.1, -0.05) is 11.6 Å². The molecule has 0 aliphatic rings. The molecule has 3 nitrogen and oxygen atoms in total. The molecule has 0 saturated carbocycles. The van der Waals surface area contributed by atoms with Gasteiger partial charge in [0.2, 0.25) is 0 Å². The minimum atomic E-state index is -3.36. The summed E-state index contributed by atoms with van der Waals surface area (Å²) in [5.41, 5.74) is -0.419. The van der Waals surface area contributed by atoms with Gasteiger partial charge in [-0.2, -0.15) is 8.78 Å². The molecular formula is C10H11ClF2O3. The van der Waals surface area contributed by atoms with Crippen molar-refractivity contribution in [1.82, 2.24) is 0 Å². The lowest BCUT2D eigenvalue weighted by Gasteiger charge is -2.17. The average molecular weight is 253 g/mol. The second kappa shape index (κ2) is 4.84. The van der Waals surface area contributed by atoms with Crippen molar-refractivity contribution in [2.45, 2.75) is 5.92 Å². The van der Waals surface area contributed by atoms with Crippen molar-refractivity contribution in [2.24, 2.45) is 0 Å². The molecule has 0 saturated heterocycles. The van der Waals surface area contributed by atoms with Gasteiger partial charge in [0, 0.05) is 5.56 Å². The van der Waals surface area contributed by atoms with Crippen LogP contribution in [-0.2, 0) is 5.92 Å². The monoisotopic (exact) mass is 252 g/mol. The summed E-state index contributed by atoms with van der Waals surface area (Å²) in [4.78, 5) is 0. The van der Waals surface area contributed by atoms with Gasteiger partial charge >= 0.3 is 0 Å². The van der Waals surface area contributed by atoms with Gasteiger partial charge in [-0.3, -0.25) is 0 Å². The highest BCUT2D eigenvalue weighted by molar-refractivity contribution is 6.32. The van der Waals surface area contributed by atoms with Crippen LogP contribution in [0.2, 0.25) is 5.02 Å². The average Bonchev–Trinajstić information content (AvgIpc) is 2.27. The fraction of sp³-hybridized carbons (Fsp3) is 0.400. The van der Waals surface area contributed by atoms with Gasteiger partial charge in [0.25, 0.3) is 5.92 Å². The summed E-state index contributed by atoms with van der Waals surface area (Å²) in [6, 6.07) is 2.13. The van der Waals surface area contributed by atoms with E-state index in [1.807, 2.05) is 0 Å². The molecule has 16 heavy (non-hydrogen) atoms. The Labute approximate surface area is 96.5 Å². The van der Waals surface area contributed by atoms with Crippen molar-refractivity contribution in [1.29, 1.82) is 0 Å². The summed E-state index contributed by atoms with van der Waals surface area (Å²) >= 11 is 5.76. The molecule has 0 aromatic heterocycles. The highest BCUT2D eigenvalue weighted by Gasteiger charge is 2.32. The van der Waals surface area contributed by atoms with Crippen LogP contribution in [-0.4, -0.2) is 25.9 Å². The molecule has 1 aromatic rings. The number of alkyl halides is 2. The van der Waals surface area contributed by atoms with Crippen LogP contribution in [0.15, 0.2) is 12.1 Å². The SMILES string of the molecule is COc1cc(C(F)(F)CO)cc(Cl)c1OC. The van der Waals surface area contributed by atoms with Crippen LogP contribution in [0.3, 0.4) is 0 Å². The van der Waals surface area contributed by atoms with Crippen molar-refractivity contribution in [3.8, 4) is 11.5 Å². The van der Waals surface area contributed by atoms with Crippen LogP contribution >= 0.6 is 11.6 Å². The van der Waals surface area contributed by atoms with E-state index < -0.39 is 18.1 Å². The third kappa shape index (κ3) is 2.36. The minimum absolute atomic E-state index is 0.00461. The molecule has 1 aromatic carbocycles. The summed E-state index contributed by atoms with van der Waals surface area (Å²) in [6.07, 6.45) is 0. The number of aliphatic hydroxyl groups is 1. The lowest BCUT2D eigenvalue weighted by molar-refractivity contribution is -0.0557. The van der Waals surface area contributed by atoms with Gasteiger partial charge in [0.1, 0.15) is 6.61 Å². The predicted octanol–water partition coefficient (Wildman–Crippen LogP) is 2.44. The van der Waals surface area contributed by atoms with Crippen molar-refractivity contribution in [3.63, 3.8) is 0 Å². The van der Waals surface area contributed by atoms with E-state index in [-0.39, 0.29) is 16.5 Å². The molecule has 90 valence electrons. The third-order valence-corrected chi connectivity index (χ3v) is 2.34. The van der Waals surface area contributed by atoms with Crippen molar-refractivity contribution >= 4 is 11.6 Å². The molecule has 0 heterocycles. The lowest BCUT2D eigenvalue weighted by atomic mass is 10.1. The maximum atomic E-state index is 13.2. The molecule has 0 spiro atoms. The zero-order valence-corrected chi connectivity index (χ0v) is 9.52. The van der Waals surface area contributed by atoms with E-state index in [9.17, 15) is 8.78 Å². The van der Waals surface area contributed by atoms with E-state index in [1.165, 1.54) is 14.2 Å². The van der Waals surface area contributed by atoms with Crippen molar-refractivity contribution < 1.29 is 23.4 Å². The van der Waals surface area contributed by atoms with E-state index in [0.29, 0.717) is 0 Å². The molecule has 0 bridgehead atoms. The Morgan fingerprint density at radius 1 is 1.31 bits per heavy atom. The number of methoxy groups -OCH3 is 2. The molecular weight excluding hydrogens is 242 g/mol. The van der Waals surface area contributed by atoms with Crippen molar-refractivity contribution in [3.05, 3.63) is 22.7 Å². The van der Waals surface area contributed by atoms with Crippen LogP contribution in [0.25, 0.3) is 0 Å². The smallest absolute Gasteiger partial charge is 0.295 e. The van der Waals surface area contributed by atoms with E-state index in [4.69, 9.17) is 26.2 Å². The summed E-state index contributed by atoms with van der Waals surface area (Å²) < 4.78 is 36.2. The first kappa shape index (κ1) is 13.0. The van der Waals surface area contributed by atoms with Crippen LogP contribution in [0.1, 0.15) is 5.56 Å². The molecule has 6 heteroatoms. The second-order valence-corrected chi connectivity index (χ2v) is 3.46. The lowest BCUT2D eigenvalue weighted by Crippen LogP contribution is -2.18. The van der Waals surface area contributed by atoms with E-state index in [1.54, 1.807) is 0 Å². The Balaban J connectivity index is 3.31. The quantitative estimate of drug-likeness (QED) is 0.895. The number of benzene rings is 1. The van der Waals surface area contributed by atoms with E-state index >= 15 is 0 Å². The molecule has 0 aliphatic heterocycles. The van der Waals surface area contributed by atoms with Gasteiger partial charge < -0.3 is 14.6 Å². The fourth-order valence-electron chi connectivity index (χ4n) is 1.22. The molecule has 1 rings (SSSR count). The number of ether oxygens (including phenoxy) is 2. The van der Waals surface area contributed by atoms with E-state index in [2.05, 4.69) is 0 Å². The Morgan fingerprint density at radius 3 is 2.38 bits per heavy atom. The molecule has 1 N–H and O–H groups in total. The maximum absolute atomic E-state index is 13.2. The summed E-state index contributed by atoms with van der Waals surface area (Å²) in [5.74, 6) is -3.08. The fourth-order valence-corrected chi connectivity index (χ4v) is 1.51. The molecule has 0 radical (unpaired) electrons. The third-order valence-electron chi connectivity index (χ3n) is 2.05. The first-order chi connectivity index (χ1) is 7.46. The summed E-state index contributed by atoms with van der Waals surface area (Å²) in [6.45, 7) is -1.29. The number of aliphatic hydroxyl groups excluding tert-OH is 1. The topological polar surface area (TPSA) is 38.7 Å². The Hall–Kier alpha value is -1.07. The van der Waals surface area contributed by atoms with E-state index in [0.717, 1.165) is 12.1 Å². The van der Waals surface area contributed by atoms with Gasteiger partial charge in [0.05, 0.1) is 19.2 Å². The van der Waals surface area contributed by atoms with Crippen LogP contribution in [0, 0.1) is 0 Å². The first-order valence-electron chi connectivity index (χ1n) is 4.37. The molecule has 0 atom stereocenters. The number of rotatable bonds is 4. The van der Waals surface area contributed by atoms with Crippen LogP contribution in [0.4, 0.5) is 8.78 Å². The second-order valence-electron chi connectivity index (χ2n) is 3.06. The maximum Gasteiger partial charge on any atom is 0.295 e. The number of hydrogen-bond acceptors (Lipinski definition) is 3. The zero-order valence-electron chi connectivity index (χ0n) is 8.76. The molecule has 0 amide bonds. The standard InChI is InChI=1S/C10H11ClF2O3/c1-15-8-4-6(10(12,13)5-14)3-7(11)9(8)16-2/h3-4,14H,5H2,1-2H3. The van der Waals surface area contributed by atoms with Crippen LogP contribution in [0.5, 0.6) is 11.5 Å². The Morgan fingerprint density at radius 2 is 1.94 bits per heavy atom. The van der Waals surface area contributed by atoms with Gasteiger partial charge in [-0.05, 0) is 12.1 Å². The molecule has 0 fully saturated rings. The zero-order chi connectivity index (χ0) is 12.3. The summed E-state index contributed by atoms with van der Waals surface area (Å²) in [5, 5.41) is 8.57. The summed E-state index contributed by atoms with van der Waals surface area (Å²) in [7, 11) is 2.67. The largest absolute Gasteiger partial charge is 0.493 e. The number of halogens is 3. The van der Waals surface area contributed by atoms with Crippen LogP contribution < -0.4 is 9.47 Å². The Bertz CT molecular complexity index is 383. The normalized spacial score (nSPS) is 11.4. The first-order valence-corrected chi connectivity index (χ1v) is 4.74. The number of hydrogen-bond donors (Lipinski definition) is 1. The van der Waals surface area contributed by atoms with Crippen molar-refractivity contribution in [2.75, 3.05) is 20.8 Å².